The Hall–Kier alpha value is -4.11. The van der Waals surface area contributed by atoms with Crippen molar-refractivity contribution in [2.75, 3.05) is 6.61 Å². The van der Waals surface area contributed by atoms with Crippen molar-refractivity contribution in [3.05, 3.63) is 94.8 Å². The molecule has 0 atom stereocenters. The molecule has 6 heteroatoms. The van der Waals surface area contributed by atoms with Crippen LogP contribution in [0.1, 0.15) is 34.0 Å². The third kappa shape index (κ3) is 5.71. The molecule has 1 N–H and O–H groups in total. The molecule has 0 aliphatic rings. The number of nitrogens with zero attached hydrogens (tertiary/aromatic N) is 1. The first-order valence-electron chi connectivity index (χ1n) is 9.59. The number of halogens is 1. The summed E-state index contributed by atoms with van der Waals surface area (Å²) in [4.78, 5) is 11.0. The van der Waals surface area contributed by atoms with Crippen molar-refractivity contribution in [3.8, 4) is 17.6 Å². The molecule has 5 nitrogen and oxygen atoms in total. The number of ether oxygens (including phenoxy) is 2. The lowest BCUT2D eigenvalue weighted by atomic mass is 10.0. The van der Waals surface area contributed by atoms with Gasteiger partial charge in [0.1, 0.15) is 12.4 Å². The number of hydrogen-bond donors (Lipinski definition) is 1. The minimum Gasteiger partial charge on any atom is -0.490 e. The molecule has 0 aromatic heterocycles. The Morgan fingerprint density at radius 1 is 1.00 bits per heavy atom. The summed E-state index contributed by atoms with van der Waals surface area (Å²) in [5.41, 5.74) is 2.79. The molecule has 0 unspecified atom stereocenters. The van der Waals surface area contributed by atoms with Gasteiger partial charge in [0, 0.05) is 0 Å². The van der Waals surface area contributed by atoms with Gasteiger partial charge in [0.05, 0.1) is 23.8 Å². The van der Waals surface area contributed by atoms with Gasteiger partial charge in [-0.3, -0.25) is 0 Å². The molecule has 3 rings (SSSR count). The van der Waals surface area contributed by atoms with Crippen molar-refractivity contribution in [2.45, 2.75) is 13.5 Å². The number of rotatable bonds is 8. The Labute approximate surface area is 179 Å². The van der Waals surface area contributed by atoms with Crippen LogP contribution in [0.3, 0.4) is 0 Å². The quantitative estimate of drug-likeness (QED) is 0.383. The van der Waals surface area contributed by atoms with Crippen molar-refractivity contribution < 1.29 is 23.8 Å². The molecule has 0 bridgehead atoms. The van der Waals surface area contributed by atoms with Crippen LogP contribution in [0.4, 0.5) is 4.39 Å². The Morgan fingerprint density at radius 3 is 2.29 bits per heavy atom. The smallest absolute Gasteiger partial charge is 0.335 e. The van der Waals surface area contributed by atoms with Gasteiger partial charge < -0.3 is 14.6 Å². The van der Waals surface area contributed by atoms with Crippen molar-refractivity contribution >= 4 is 17.6 Å². The average Bonchev–Trinajstić information content (AvgIpc) is 2.78. The maximum atomic E-state index is 13.2. The van der Waals surface area contributed by atoms with Gasteiger partial charge in [-0.05, 0) is 66.1 Å². The minimum atomic E-state index is -0.980. The van der Waals surface area contributed by atoms with Crippen LogP contribution in [-0.4, -0.2) is 17.7 Å². The van der Waals surface area contributed by atoms with Crippen LogP contribution in [0.15, 0.2) is 66.7 Å². The summed E-state index contributed by atoms with van der Waals surface area (Å²) in [7, 11) is 0. The topological polar surface area (TPSA) is 79.5 Å². The predicted octanol–water partition coefficient (Wildman–Crippen LogP) is 5.57. The van der Waals surface area contributed by atoms with E-state index in [1.807, 2.05) is 6.92 Å². The monoisotopic (exact) mass is 417 g/mol. The lowest BCUT2D eigenvalue weighted by Gasteiger charge is -2.13. The highest BCUT2D eigenvalue weighted by molar-refractivity contribution is 5.90. The van der Waals surface area contributed by atoms with Crippen LogP contribution in [-0.2, 0) is 6.61 Å². The van der Waals surface area contributed by atoms with E-state index in [0.29, 0.717) is 29.2 Å². The second-order valence-electron chi connectivity index (χ2n) is 6.61. The van der Waals surface area contributed by atoms with Crippen molar-refractivity contribution in [1.82, 2.24) is 0 Å². The standard InChI is InChI=1S/C25H20FNO4/c1-2-30-24-14-18(13-21(15-27)19-8-10-22(26)11-9-19)5-12-23(24)31-16-17-3-6-20(7-4-17)25(28)29/h3-14H,2,16H2,1H3,(H,28,29)/b21-13-. The van der Waals surface area contributed by atoms with Gasteiger partial charge in [-0.15, -0.1) is 0 Å². The first-order chi connectivity index (χ1) is 15.0. The third-order valence-electron chi connectivity index (χ3n) is 4.45. The molecular weight excluding hydrogens is 397 g/mol. The lowest BCUT2D eigenvalue weighted by Crippen LogP contribution is -2.01. The average molecular weight is 417 g/mol. The summed E-state index contributed by atoms with van der Waals surface area (Å²) in [6.07, 6.45) is 1.70. The minimum absolute atomic E-state index is 0.212. The van der Waals surface area contributed by atoms with E-state index in [2.05, 4.69) is 6.07 Å². The highest BCUT2D eigenvalue weighted by atomic mass is 19.1. The normalized spacial score (nSPS) is 10.9. The summed E-state index contributed by atoms with van der Waals surface area (Å²) >= 11 is 0. The first-order valence-corrected chi connectivity index (χ1v) is 9.59. The molecule has 0 aliphatic carbocycles. The SMILES string of the molecule is CCOc1cc(/C=C(/C#N)c2ccc(F)cc2)ccc1OCc1ccc(C(=O)O)cc1. The van der Waals surface area contributed by atoms with E-state index < -0.39 is 5.97 Å². The summed E-state index contributed by atoms with van der Waals surface area (Å²) < 4.78 is 24.7. The van der Waals surface area contributed by atoms with E-state index in [1.165, 1.54) is 24.3 Å². The predicted molar refractivity (Wildman–Crippen MR) is 115 cm³/mol. The van der Waals surface area contributed by atoms with Crippen LogP contribution in [0.25, 0.3) is 11.6 Å². The van der Waals surface area contributed by atoms with E-state index in [1.54, 1.807) is 48.5 Å². The van der Waals surface area contributed by atoms with Gasteiger partial charge in [0.25, 0.3) is 0 Å². The number of hydrogen-bond acceptors (Lipinski definition) is 4. The van der Waals surface area contributed by atoms with Crippen molar-refractivity contribution in [1.29, 1.82) is 5.26 Å². The van der Waals surface area contributed by atoms with E-state index in [0.717, 1.165) is 11.1 Å². The molecule has 3 aromatic rings. The number of carboxylic acids is 1. The van der Waals surface area contributed by atoms with Crippen molar-refractivity contribution in [3.63, 3.8) is 0 Å². The highest BCUT2D eigenvalue weighted by Gasteiger charge is 2.09. The van der Waals surface area contributed by atoms with Crippen LogP contribution >= 0.6 is 0 Å². The van der Waals surface area contributed by atoms with Gasteiger partial charge in [0.2, 0.25) is 0 Å². The van der Waals surface area contributed by atoms with E-state index in [4.69, 9.17) is 14.6 Å². The Kier molecular flexibility index (Phi) is 7.02. The van der Waals surface area contributed by atoms with E-state index in [-0.39, 0.29) is 18.0 Å². The van der Waals surface area contributed by atoms with Gasteiger partial charge in [-0.25, -0.2) is 9.18 Å². The molecule has 3 aromatic carbocycles. The number of allylic oxidation sites excluding steroid dienone is 1. The maximum Gasteiger partial charge on any atom is 0.335 e. The van der Waals surface area contributed by atoms with Gasteiger partial charge in [0.15, 0.2) is 11.5 Å². The molecule has 31 heavy (non-hydrogen) atoms. The Morgan fingerprint density at radius 2 is 1.68 bits per heavy atom. The second-order valence-corrected chi connectivity index (χ2v) is 6.61. The molecule has 0 saturated heterocycles. The van der Waals surface area contributed by atoms with Crippen LogP contribution < -0.4 is 9.47 Å². The molecular formula is C25H20FNO4. The Balaban J connectivity index is 1.80. The largest absolute Gasteiger partial charge is 0.490 e. The molecule has 0 heterocycles. The van der Waals surface area contributed by atoms with Crippen LogP contribution in [0.2, 0.25) is 0 Å². The van der Waals surface area contributed by atoms with Gasteiger partial charge in [-0.2, -0.15) is 5.26 Å². The van der Waals surface area contributed by atoms with E-state index in [9.17, 15) is 14.4 Å². The van der Waals surface area contributed by atoms with Crippen LogP contribution in [0, 0.1) is 17.1 Å². The number of carboxylic acid groups (broad SMARTS) is 1. The molecule has 0 aliphatic heterocycles. The number of carbonyl (C=O) groups is 1. The maximum absolute atomic E-state index is 13.2. The van der Waals surface area contributed by atoms with Crippen molar-refractivity contribution in [2.24, 2.45) is 0 Å². The summed E-state index contributed by atoms with van der Waals surface area (Å²) in [6.45, 7) is 2.53. The first kappa shape index (κ1) is 21.6. The Bertz CT molecular complexity index is 1130. The number of nitriles is 1. The summed E-state index contributed by atoms with van der Waals surface area (Å²) in [5, 5.41) is 18.5. The summed E-state index contributed by atoms with van der Waals surface area (Å²) in [5.74, 6) is -0.290. The van der Waals surface area contributed by atoms with Crippen LogP contribution in [0.5, 0.6) is 11.5 Å². The summed E-state index contributed by atoms with van der Waals surface area (Å²) in [6, 6.07) is 19.6. The zero-order valence-electron chi connectivity index (χ0n) is 16.8. The van der Waals surface area contributed by atoms with E-state index >= 15 is 0 Å². The fourth-order valence-electron chi connectivity index (χ4n) is 2.88. The fraction of sp³-hybridized carbons (Fsp3) is 0.120. The lowest BCUT2D eigenvalue weighted by molar-refractivity contribution is 0.0697. The molecule has 0 saturated carbocycles. The third-order valence-corrected chi connectivity index (χ3v) is 4.45. The second kappa shape index (κ2) is 10.1. The molecule has 0 radical (unpaired) electrons. The molecule has 156 valence electrons. The fourth-order valence-corrected chi connectivity index (χ4v) is 2.88. The zero-order valence-corrected chi connectivity index (χ0v) is 16.8. The van der Waals surface area contributed by atoms with Gasteiger partial charge in [-0.1, -0.05) is 30.3 Å². The zero-order chi connectivity index (χ0) is 22.2. The molecule has 0 amide bonds. The highest BCUT2D eigenvalue weighted by Crippen LogP contribution is 2.31. The van der Waals surface area contributed by atoms with Gasteiger partial charge >= 0.3 is 5.97 Å². The number of benzene rings is 3. The molecule has 0 fully saturated rings. The number of aromatic carboxylic acids is 1. The molecule has 0 spiro atoms.